The lowest BCUT2D eigenvalue weighted by Gasteiger charge is -2.28. The van der Waals surface area contributed by atoms with Crippen molar-refractivity contribution in [3.05, 3.63) is 63.6 Å². The number of rotatable bonds is 3. The molecule has 3 aromatic heterocycles. The number of fused-ring (bicyclic) bond motifs is 1. The van der Waals surface area contributed by atoms with E-state index in [0.717, 1.165) is 41.3 Å². The molecule has 0 bridgehead atoms. The molecule has 4 rings (SSSR count). The number of nitrogens with zero attached hydrogens (tertiary/aromatic N) is 6. The first-order valence-corrected chi connectivity index (χ1v) is 9.67. The zero-order valence-corrected chi connectivity index (χ0v) is 16.9. The summed E-state index contributed by atoms with van der Waals surface area (Å²) in [4.78, 5) is 28.4. The van der Waals surface area contributed by atoms with Gasteiger partial charge in [-0.3, -0.25) is 4.79 Å². The Balaban J connectivity index is 1.65. The number of amides is 1. The molecule has 144 valence electrons. The smallest absolute Gasteiger partial charge is 0.274 e. The number of pyridine rings is 1. The van der Waals surface area contributed by atoms with Crippen molar-refractivity contribution in [3.8, 4) is 5.82 Å². The normalized spacial score (nSPS) is 13.5. The van der Waals surface area contributed by atoms with E-state index in [1.54, 1.807) is 21.7 Å². The van der Waals surface area contributed by atoms with Gasteiger partial charge in [-0.2, -0.15) is 5.10 Å². The van der Waals surface area contributed by atoms with Gasteiger partial charge in [0.25, 0.3) is 5.91 Å². The fourth-order valence-electron chi connectivity index (χ4n) is 3.40. The Morgan fingerprint density at radius 1 is 1.25 bits per heavy atom. The van der Waals surface area contributed by atoms with Gasteiger partial charge in [-0.15, -0.1) is 0 Å². The molecule has 0 saturated carbocycles. The minimum Gasteiger partial charge on any atom is -0.331 e. The number of carbonyl (C=O) groups is 1. The van der Waals surface area contributed by atoms with Crippen molar-refractivity contribution < 1.29 is 4.79 Å². The molecule has 1 amide bonds. The Morgan fingerprint density at radius 3 is 2.79 bits per heavy atom. The van der Waals surface area contributed by atoms with Gasteiger partial charge in [0, 0.05) is 24.9 Å². The summed E-state index contributed by atoms with van der Waals surface area (Å²) >= 11 is 6.33. The van der Waals surface area contributed by atoms with Crippen LogP contribution in [-0.2, 0) is 19.4 Å². The highest BCUT2D eigenvalue weighted by molar-refractivity contribution is 6.33. The van der Waals surface area contributed by atoms with Crippen molar-refractivity contribution in [2.45, 2.75) is 40.2 Å². The van der Waals surface area contributed by atoms with Crippen LogP contribution in [-0.4, -0.2) is 42.1 Å². The lowest BCUT2D eigenvalue weighted by molar-refractivity contribution is 0.0725. The molecule has 0 unspecified atom stereocenters. The second-order valence-electron chi connectivity index (χ2n) is 6.93. The van der Waals surface area contributed by atoms with E-state index in [1.807, 2.05) is 33.0 Å². The number of carbonyl (C=O) groups excluding carboxylic acids is 1. The van der Waals surface area contributed by atoms with Gasteiger partial charge in [-0.05, 0) is 44.0 Å². The summed E-state index contributed by atoms with van der Waals surface area (Å²) in [6.07, 6.45) is 3.36. The Hall–Kier alpha value is -2.80. The highest BCUT2D eigenvalue weighted by Crippen LogP contribution is 2.23. The lowest BCUT2D eigenvalue weighted by atomic mass is 10.1. The number of halogens is 1. The number of hydrogen-bond acceptors (Lipinski definition) is 5. The highest BCUT2D eigenvalue weighted by Gasteiger charge is 2.26. The van der Waals surface area contributed by atoms with Crippen molar-refractivity contribution in [2.75, 3.05) is 6.54 Å². The van der Waals surface area contributed by atoms with E-state index in [-0.39, 0.29) is 11.6 Å². The highest BCUT2D eigenvalue weighted by atomic mass is 35.5. The Labute approximate surface area is 168 Å². The molecule has 28 heavy (non-hydrogen) atoms. The number of aromatic nitrogens is 5. The molecule has 0 spiro atoms. The number of aryl methyl sites for hydroxylation is 3. The van der Waals surface area contributed by atoms with Crippen molar-refractivity contribution in [3.63, 3.8) is 0 Å². The molecule has 0 radical (unpaired) electrons. The van der Waals surface area contributed by atoms with Crippen LogP contribution in [0.3, 0.4) is 0 Å². The molecule has 4 heterocycles. The van der Waals surface area contributed by atoms with Crippen LogP contribution in [0.2, 0.25) is 5.02 Å². The largest absolute Gasteiger partial charge is 0.331 e. The van der Waals surface area contributed by atoms with E-state index in [4.69, 9.17) is 11.6 Å². The Bertz CT molecular complexity index is 1060. The van der Waals surface area contributed by atoms with E-state index >= 15 is 0 Å². The molecule has 0 N–H and O–H groups in total. The zero-order valence-electron chi connectivity index (χ0n) is 16.1. The fraction of sp³-hybridized carbons (Fsp3) is 0.350. The summed E-state index contributed by atoms with van der Waals surface area (Å²) in [5, 5.41) is 4.77. The van der Waals surface area contributed by atoms with Crippen molar-refractivity contribution in [1.29, 1.82) is 0 Å². The van der Waals surface area contributed by atoms with Crippen LogP contribution in [0.5, 0.6) is 0 Å². The molecular weight excluding hydrogens is 376 g/mol. The van der Waals surface area contributed by atoms with Crippen LogP contribution in [0.25, 0.3) is 5.82 Å². The molecule has 0 saturated heterocycles. The van der Waals surface area contributed by atoms with Crippen LogP contribution in [0, 0.1) is 13.8 Å². The average molecular weight is 397 g/mol. The molecule has 8 heteroatoms. The van der Waals surface area contributed by atoms with Crippen LogP contribution in [0.4, 0.5) is 0 Å². The summed E-state index contributed by atoms with van der Waals surface area (Å²) in [5.74, 6) is 1.16. The molecule has 1 aliphatic rings. The van der Waals surface area contributed by atoms with Crippen LogP contribution >= 0.6 is 11.6 Å². The van der Waals surface area contributed by atoms with Gasteiger partial charge in [0.1, 0.15) is 11.5 Å². The maximum absolute atomic E-state index is 13.2. The average Bonchev–Trinajstić information content (AvgIpc) is 3.05. The maximum Gasteiger partial charge on any atom is 0.274 e. The second kappa shape index (κ2) is 7.31. The minimum atomic E-state index is -0.198. The van der Waals surface area contributed by atoms with Crippen LogP contribution in [0.15, 0.2) is 24.4 Å². The predicted molar refractivity (Wildman–Crippen MR) is 106 cm³/mol. The molecule has 3 aromatic rings. The Kier molecular flexibility index (Phi) is 4.85. The molecule has 0 fully saturated rings. The molecule has 0 aromatic carbocycles. The summed E-state index contributed by atoms with van der Waals surface area (Å²) in [5.41, 5.74) is 4.07. The zero-order chi connectivity index (χ0) is 19.8. The van der Waals surface area contributed by atoms with Gasteiger partial charge in [0.2, 0.25) is 0 Å². The van der Waals surface area contributed by atoms with E-state index in [0.29, 0.717) is 23.9 Å². The molecule has 0 atom stereocenters. The van der Waals surface area contributed by atoms with Crippen molar-refractivity contribution >= 4 is 17.5 Å². The summed E-state index contributed by atoms with van der Waals surface area (Å²) in [6.45, 7) is 6.91. The van der Waals surface area contributed by atoms with E-state index in [2.05, 4.69) is 20.1 Å². The lowest BCUT2D eigenvalue weighted by Crippen LogP contribution is -2.37. The van der Waals surface area contributed by atoms with E-state index in [1.165, 1.54) is 0 Å². The van der Waals surface area contributed by atoms with Gasteiger partial charge in [-0.1, -0.05) is 18.5 Å². The topological polar surface area (TPSA) is 76.8 Å². The van der Waals surface area contributed by atoms with Gasteiger partial charge < -0.3 is 4.90 Å². The van der Waals surface area contributed by atoms with Gasteiger partial charge >= 0.3 is 0 Å². The molecule has 7 nitrogen and oxygen atoms in total. The number of hydrogen-bond donors (Lipinski definition) is 0. The quantitative estimate of drug-likeness (QED) is 0.679. The molecular formula is C20H21ClN6O. The molecule has 1 aliphatic heterocycles. The van der Waals surface area contributed by atoms with Crippen molar-refractivity contribution in [2.24, 2.45) is 0 Å². The van der Waals surface area contributed by atoms with Crippen LogP contribution < -0.4 is 0 Å². The first kappa shape index (κ1) is 18.6. The third-order valence-corrected chi connectivity index (χ3v) is 5.16. The monoisotopic (exact) mass is 396 g/mol. The summed E-state index contributed by atoms with van der Waals surface area (Å²) in [7, 11) is 0. The summed E-state index contributed by atoms with van der Waals surface area (Å²) in [6, 6.07) is 5.43. The van der Waals surface area contributed by atoms with E-state index < -0.39 is 0 Å². The van der Waals surface area contributed by atoms with Crippen LogP contribution in [0.1, 0.15) is 45.9 Å². The SMILES string of the molecule is CCc1ncc2c(n1)CN(C(=O)c1nc(-n3nc(C)cc3C)ccc1Cl)CC2. The third kappa shape index (κ3) is 3.38. The van der Waals surface area contributed by atoms with Crippen molar-refractivity contribution in [1.82, 2.24) is 29.6 Å². The fourth-order valence-corrected chi connectivity index (χ4v) is 3.58. The van der Waals surface area contributed by atoms with Gasteiger partial charge in [-0.25, -0.2) is 19.6 Å². The van der Waals surface area contributed by atoms with Gasteiger partial charge in [0.05, 0.1) is 23.0 Å². The second-order valence-corrected chi connectivity index (χ2v) is 7.33. The standard InChI is InChI=1S/C20H21ClN6O/c1-4-17-22-10-14-7-8-26(11-16(14)23-17)20(28)19-15(21)5-6-18(24-19)27-13(3)9-12(2)25-27/h5-6,9-10H,4,7-8,11H2,1-3H3. The third-order valence-electron chi connectivity index (χ3n) is 4.86. The van der Waals surface area contributed by atoms with E-state index in [9.17, 15) is 4.79 Å². The Morgan fingerprint density at radius 2 is 2.07 bits per heavy atom. The summed E-state index contributed by atoms with van der Waals surface area (Å²) < 4.78 is 1.72. The minimum absolute atomic E-state index is 0.198. The predicted octanol–water partition coefficient (Wildman–Crippen LogP) is 3.09. The maximum atomic E-state index is 13.2. The van der Waals surface area contributed by atoms with Gasteiger partial charge in [0.15, 0.2) is 5.82 Å². The first-order valence-electron chi connectivity index (χ1n) is 9.29. The molecule has 0 aliphatic carbocycles. The first-order chi connectivity index (χ1) is 13.5.